The Morgan fingerprint density at radius 3 is 2.47 bits per heavy atom. The molecule has 0 bridgehead atoms. The summed E-state index contributed by atoms with van der Waals surface area (Å²) in [5, 5.41) is 3.02. The highest BCUT2D eigenvalue weighted by Gasteiger charge is 2.28. The van der Waals surface area contributed by atoms with Gasteiger partial charge in [-0.2, -0.15) is 0 Å². The third kappa shape index (κ3) is 2.41. The van der Waals surface area contributed by atoms with E-state index in [0.717, 1.165) is 10.6 Å². The highest BCUT2D eigenvalue weighted by Crippen LogP contribution is 2.04. The van der Waals surface area contributed by atoms with Crippen molar-refractivity contribution in [3.63, 3.8) is 0 Å². The Labute approximate surface area is 97.6 Å². The van der Waals surface area contributed by atoms with Gasteiger partial charge in [0.2, 0.25) is 5.91 Å². The number of imide groups is 1. The van der Waals surface area contributed by atoms with Gasteiger partial charge in [0.1, 0.15) is 6.54 Å². The van der Waals surface area contributed by atoms with Crippen molar-refractivity contribution in [1.29, 1.82) is 0 Å². The molecule has 0 unspecified atom stereocenters. The number of amides is 4. The van der Waals surface area contributed by atoms with E-state index in [9.17, 15) is 14.4 Å². The monoisotopic (exact) mass is 233 g/mol. The Morgan fingerprint density at radius 1 is 1.29 bits per heavy atom. The fraction of sp³-hybridized carbons (Fsp3) is 0.182. The van der Waals surface area contributed by atoms with Crippen LogP contribution in [0.2, 0.25) is 0 Å². The maximum atomic E-state index is 11.7. The lowest BCUT2D eigenvalue weighted by molar-refractivity contribution is -0.118. The molecule has 0 saturated carbocycles. The number of rotatable bonds is 2. The lowest BCUT2D eigenvalue weighted by atomic mass is 10.1. The number of benzene rings is 1. The minimum absolute atomic E-state index is 0.156. The number of nitrogens with one attached hydrogen (secondary N) is 2. The highest BCUT2D eigenvalue weighted by atomic mass is 16.2. The summed E-state index contributed by atoms with van der Waals surface area (Å²) in [5.74, 6) is -0.853. The molecule has 2 N–H and O–H groups in total. The van der Waals surface area contributed by atoms with Gasteiger partial charge in [-0.3, -0.25) is 20.3 Å². The highest BCUT2D eigenvalue weighted by molar-refractivity contribution is 6.03. The van der Waals surface area contributed by atoms with Gasteiger partial charge in [-0.05, 0) is 19.1 Å². The van der Waals surface area contributed by atoms with Crippen LogP contribution in [-0.4, -0.2) is 29.4 Å². The molecule has 1 fully saturated rings. The van der Waals surface area contributed by atoms with Crippen LogP contribution in [0.1, 0.15) is 15.9 Å². The van der Waals surface area contributed by atoms with Crippen molar-refractivity contribution in [3.8, 4) is 0 Å². The Morgan fingerprint density at radius 2 is 1.94 bits per heavy atom. The summed E-state index contributed by atoms with van der Waals surface area (Å²) in [6.45, 7) is 1.75. The number of hydrogen-bond donors (Lipinski definition) is 2. The van der Waals surface area contributed by atoms with Gasteiger partial charge >= 0.3 is 6.03 Å². The van der Waals surface area contributed by atoms with E-state index in [-0.39, 0.29) is 6.54 Å². The maximum absolute atomic E-state index is 11.7. The number of carbonyl (C=O) groups excluding carboxylic acids is 3. The molecule has 2 rings (SSSR count). The van der Waals surface area contributed by atoms with E-state index in [2.05, 4.69) is 10.7 Å². The van der Waals surface area contributed by atoms with E-state index in [0.29, 0.717) is 5.56 Å². The normalized spacial score (nSPS) is 14.8. The van der Waals surface area contributed by atoms with Crippen LogP contribution >= 0.6 is 0 Å². The summed E-state index contributed by atoms with van der Waals surface area (Å²) in [4.78, 5) is 33.8. The van der Waals surface area contributed by atoms with Crippen LogP contribution in [0.25, 0.3) is 0 Å². The molecule has 1 aliphatic rings. The molecular formula is C11H11N3O3. The van der Waals surface area contributed by atoms with Crippen molar-refractivity contribution in [2.45, 2.75) is 6.92 Å². The van der Waals surface area contributed by atoms with E-state index in [1.54, 1.807) is 24.3 Å². The molecule has 6 nitrogen and oxygen atoms in total. The summed E-state index contributed by atoms with van der Waals surface area (Å²) in [5.41, 5.74) is 3.83. The van der Waals surface area contributed by atoms with Gasteiger partial charge in [0.05, 0.1) is 0 Å². The number of nitrogens with zero attached hydrogens (tertiary/aromatic N) is 1. The van der Waals surface area contributed by atoms with Gasteiger partial charge in [-0.25, -0.2) is 9.80 Å². The van der Waals surface area contributed by atoms with Crippen molar-refractivity contribution in [2.24, 2.45) is 0 Å². The standard InChI is InChI=1S/C11H11N3O3/c1-7-2-4-8(5-3-7)10(16)13-14-6-9(15)12-11(14)17/h2-5H,6H2,1H3,(H,13,16)(H,12,15,17). The number of urea groups is 1. The second-order valence-electron chi connectivity index (χ2n) is 3.75. The average molecular weight is 233 g/mol. The van der Waals surface area contributed by atoms with Crippen LogP contribution in [-0.2, 0) is 4.79 Å². The van der Waals surface area contributed by atoms with Gasteiger partial charge in [0.15, 0.2) is 0 Å². The minimum atomic E-state index is -0.615. The first-order valence-corrected chi connectivity index (χ1v) is 5.05. The molecule has 1 aromatic carbocycles. The van der Waals surface area contributed by atoms with E-state index in [1.807, 2.05) is 6.92 Å². The van der Waals surface area contributed by atoms with Gasteiger partial charge in [-0.15, -0.1) is 0 Å². The van der Waals surface area contributed by atoms with E-state index in [1.165, 1.54) is 0 Å². The molecule has 4 amide bonds. The number of carbonyl (C=O) groups is 3. The predicted molar refractivity (Wildman–Crippen MR) is 58.9 cm³/mol. The Bertz CT molecular complexity index is 481. The summed E-state index contributed by atoms with van der Waals surface area (Å²) in [6, 6.07) is 6.28. The van der Waals surface area contributed by atoms with Crippen LogP contribution in [0.15, 0.2) is 24.3 Å². The van der Waals surface area contributed by atoms with Crippen molar-refractivity contribution >= 4 is 17.8 Å². The molecule has 1 saturated heterocycles. The molecule has 1 aromatic rings. The molecule has 0 aromatic heterocycles. The molecule has 6 heteroatoms. The largest absolute Gasteiger partial charge is 0.343 e. The lowest BCUT2D eigenvalue weighted by Crippen LogP contribution is -2.44. The Balaban J connectivity index is 2.04. The molecule has 88 valence electrons. The Hall–Kier alpha value is -2.37. The SMILES string of the molecule is Cc1ccc(C(=O)NN2CC(=O)NC2=O)cc1. The average Bonchev–Trinajstić information content (AvgIpc) is 2.58. The third-order valence-corrected chi connectivity index (χ3v) is 2.34. The zero-order valence-electron chi connectivity index (χ0n) is 9.19. The van der Waals surface area contributed by atoms with Crippen LogP contribution in [0.5, 0.6) is 0 Å². The van der Waals surface area contributed by atoms with E-state index >= 15 is 0 Å². The second-order valence-corrected chi connectivity index (χ2v) is 3.75. The van der Waals surface area contributed by atoms with Crippen molar-refractivity contribution < 1.29 is 14.4 Å². The van der Waals surface area contributed by atoms with Crippen LogP contribution in [0.3, 0.4) is 0 Å². The zero-order chi connectivity index (χ0) is 12.4. The van der Waals surface area contributed by atoms with E-state index < -0.39 is 17.8 Å². The van der Waals surface area contributed by atoms with Crippen molar-refractivity contribution in [3.05, 3.63) is 35.4 Å². The molecular weight excluding hydrogens is 222 g/mol. The summed E-state index contributed by atoms with van der Waals surface area (Å²) < 4.78 is 0. The van der Waals surface area contributed by atoms with Gasteiger partial charge in [-0.1, -0.05) is 17.7 Å². The molecule has 0 atom stereocenters. The molecule has 0 aliphatic carbocycles. The maximum Gasteiger partial charge on any atom is 0.343 e. The molecule has 0 spiro atoms. The zero-order valence-corrected chi connectivity index (χ0v) is 9.19. The second kappa shape index (κ2) is 4.25. The van der Waals surface area contributed by atoms with Crippen molar-refractivity contribution in [2.75, 3.05) is 6.54 Å². The first kappa shape index (κ1) is 11.1. The first-order valence-electron chi connectivity index (χ1n) is 5.05. The fourth-order valence-electron chi connectivity index (χ4n) is 1.42. The third-order valence-electron chi connectivity index (χ3n) is 2.34. The van der Waals surface area contributed by atoms with E-state index in [4.69, 9.17) is 0 Å². The Kier molecular flexibility index (Phi) is 2.78. The lowest BCUT2D eigenvalue weighted by Gasteiger charge is -2.14. The quantitative estimate of drug-likeness (QED) is 0.716. The fourth-order valence-corrected chi connectivity index (χ4v) is 1.42. The first-order chi connectivity index (χ1) is 8.06. The van der Waals surface area contributed by atoms with Gasteiger partial charge < -0.3 is 0 Å². The predicted octanol–water partition coefficient (Wildman–Crippen LogP) is 0.192. The number of hydrogen-bond acceptors (Lipinski definition) is 3. The summed E-state index contributed by atoms with van der Waals surface area (Å²) in [7, 11) is 0. The minimum Gasteiger partial charge on any atom is -0.275 e. The molecule has 17 heavy (non-hydrogen) atoms. The topological polar surface area (TPSA) is 78.5 Å². The smallest absolute Gasteiger partial charge is 0.275 e. The molecule has 1 heterocycles. The molecule has 1 aliphatic heterocycles. The van der Waals surface area contributed by atoms with Gasteiger partial charge in [0, 0.05) is 5.56 Å². The van der Waals surface area contributed by atoms with Crippen LogP contribution in [0.4, 0.5) is 4.79 Å². The molecule has 0 radical (unpaired) electrons. The van der Waals surface area contributed by atoms with Crippen LogP contribution in [0, 0.1) is 6.92 Å². The van der Waals surface area contributed by atoms with Crippen LogP contribution < -0.4 is 10.7 Å². The summed E-state index contributed by atoms with van der Waals surface area (Å²) >= 11 is 0. The van der Waals surface area contributed by atoms with Crippen molar-refractivity contribution in [1.82, 2.24) is 15.8 Å². The summed E-state index contributed by atoms with van der Waals surface area (Å²) in [6.07, 6.45) is 0. The number of aryl methyl sites for hydroxylation is 1. The van der Waals surface area contributed by atoms with Gasteiger partial charge in [0.25, 0.3) is 5.91 Å². The number of hydrazine groups is 1.